The Morgan fingerprint density at radius 3 is 2.46 bits per heavy atom. The van der Waals surface area contributed by atoms with Gasteiger partial charge in [-0.05, 0) is 31.9 Å². The molecule has 1 saturated heterocycles. The lowest BCUT2D eigenvalue weighted by Crippen LogP contribution is -2.48. The lowest BCUT2D eigenvalue weighted by Gasteiger charge is -2.34. The van der Waals surface area contributed by atoms with Crippen molar-refractivity contribution < 1.29 is 18.8 Å². The standard InChI is InChI=1S/C25H32N6O4/c1-15(2)22(25(33)34-5)28-23-18-8-6-7-9-19(18)26-20(27-23)14-30-10-12-31(13-11-30)24(32)21-16(3)29-35-17(21)4/h6-9,15,22H,10-14H2,1-5H3,(H,26,27,28)/t22-/m0/s1. The Morgan fingerprint density at radius 2 is 1.83 bits per heavy atom. The average Bonchev–Trinajstić information content (AvgIpc) is 3.19. The molecule has 1 fully saturated rings. The molecule has 1 aliphatic rings. The molecule has 1 aliphatic heterocycles. The number of anilines is 1. The Morgan fingerprint density at radius 1 is 1.11 bits per heavy atom. The lowest BCUT2D eigenvalue weighted by molar-refractivity contribution is -0.142. The van der Waals surface area contributed by atoms with E-state index in [0.29, 0.717) is 61.4 Å². The summed E-state index contributed by atoms with van der Waals surface area (Å²) < 4.78 is 10.1. The number of benzene rings is 1. The van der Waals surface area contributed by atoms with Gasteiger partial charge < -0.3 is 19.5 Å². The number of aromatic nitrogens is 3. The fourth-order valence-corrected chi connectivity index (χ4v) is 4.33. The number of rotatable bonds is 7. The quantitative estimate of drug-likeness (QED) is 0.510. The first kappa shape index (κ1) is 24.6. The number of methoxy groups -OCH3 is 1. The molecule has 35 heavy (non-hydrogen) atoms. The maximum Gasteiger partial charge on any atom is 0.328 e. The number of piperazine rings is 1. The van der Waals surface area contributed by atoms with Crippen LogP contribution in [0.3, 0.4) is 0 Å². The Labute approximate surface area is 204 Å². The van der Waals surface area contributed by atoms with Gasteiger partial charge in [0, 0.05) is 31.6 Å². The van der Waals surface area contributed by atoms with Gasteiger partial charge in [-0.2, -0.15) is 0 Å². The van der Waals surface area contributed by atoms with Gasteiger partial charge in [0.2, 0.25) is 0 Å². The summed E-state index contributed by atoms with van der Waals surface area (Å²) in [5.41, 5.74) is 1.98. The number of nitrogens with one attached hydrogen (secondary N) is 1. The highest BCUT2D eigenvalue weighted by molar-refractivity contribution is 5.96. The van der Waals surface area contributed by atoms with Crippen LogP contribution in [0.25, 0.3) is 10.9 Å². The van der Waals surface area contributed by atoms with Gasteiger partial charge in [0.1, 0.15) is 29.0 Å². The third-order valence-corrected chi connectivity index (χ3v) is 6.34. The van der Waals surface area contributed by atoms with E-state index < -0.39 is 6.04 Å². The first-order valence-electron chi connectivity index (χ1n) is 11.8. The minimum Gasteiger partial charge on any atom is -0.467 e. The molecule has 1 N–H and O–H groups in total. The van der Waals surface area contributed by atoms with Gasteiger partial charge in [-0.15, -0.1) is 0 Å². The number of esters is 1. The van der Waals surface area contributed by atoms with Crippen molar-refractivity contribution in [2.24, 2.45) is 5.92 Å². The smallest absolute Gasteiger partial charge is 0.328 e. The topological polar surface area (TPSA) is 114 Å². The van der Waals surface area contributed by atoms with E-state index in [1.54, 1.807) is 13.8 Å². The zero-order valence-electron chi connectivity index (χ0n) is 20.9. The molecule has 0 bridgehead atoms. The van der Waals surface area contributed by atoms with Gasteiger partial charge in [-0.25, -0.2) is 14.8 Å². The molecular formula is C25H32N6O4. The summed E-state index contributed by atoms with van der Waals surface area (Å²) in [6.45, 7) is 10.6. The summed E-state index contributed by atoms with van der Waals surface area (Å²) in [5, 5.41) is 8.03. The highest BCUT2D eigenvalue weighted by atomic mass is 16.5. The van der Waals surface area contributed by atoms with Gasteiger partial charge >= 0.3 is 5.97 Å². The maximum absolute atomic E-state index is 12.9. The molecule has 3 aromatic rings. The summed E-state index contributed by atoms with van der Waals surface area (Å²) in [6.07, 6.45) is 0. The molecule has 10 nitrogen and oxygen atoms in total. The third kappa shape index (κ3) is 5.27. The SMILES string of the molecule is COC(=O)[C@@H](Nc1nc(CN2CCN(C(=O)c3c(C)noc3C)CC2)nc2ccccc12)C(C)C. The Hall–Kier alpha value is -3.53. The van der Waals surface area contributed by atoms with E-state index in [1.807, 2.05) is 43.0 Å². The number of ether oxygens (including phenoxy) is 1. The van der Waals surface area contributed by atoms with Crippen LogP contribution in [0.1, 0.15) is 41.5 Å². The summed E-state index contributed by atoms with van der Waals surface area (Å²) in [5.74, 6) is 1.46. The minimum atomic E-state index is -0.523. The van der Waals surface area contributed by atoms with Crippen molar-refractivity contribution in [2.75, 3.05) is 38.6 Å². The van der Waals surface area contributed by atoms with Crippen LogP contribution in [0.5, 0.6) is 0 Å². The molecule has 1 atom stereocenters. The van der Waals surface area contributed by atoms with Gasteiger partial charge in [-0.3, -0.25) is 9.69 Å². The monoisotopic (exact) mass is 480 g/mol. The fourth-order valence-electron chi connectivity index (χ4n) is 4.33. The van der Waals surface area contributed by atoms with Crippen molar-refractivity contribution in [3.05, 3.63) is 47.1 Å². The molecule has 3 heterocycles. The third-order valence-electron chi connectivity index (χ3n) is 6.34. The number of hydrogen-bond donors (Lipinski definition) is 1. The van der Waals surface area contributed by atoms with E-state index in [2.05, 4.69) is 15.4 Å². The predicted molar refractivity (Wildman–Crippen MR) is 131 cm³/mol. The fraction of sp³-hybridized carbons (Fsp3) is 0.480. The molecular weight excluding hydrogens is 448 g/mol. The number of carbonyl (C=O) groups is 2. The van der Waals surface area contributed by atoms with Gasteiger partial charge in [0.25, 0.3) is 5.91 Å². The lowest BCUT2D eigenvalue weighted by atomic mass is 10.0. The van der Waals surface area contributed by atoms with E-state index >= 15 is 0 Å². The molecule has 0 unspecified atom stereocenters. The van der Waals surface area contributed by atoms with Crippen molar-refractivity contribution in [2.45, 2.75) is 40.3 Å². The number of fused-ring (bicyclic) bond motifs is 1. The second-order valence-electron chi connectivity index (χ2n) is 9.16. The normalized spacial score (nSPS) is 15.4. The number of aryl methyl sites for hydroxylation is 2. The predicted octanol–water partition coefficient (Wildman–Crippen LogP) is 2.80. The van der Waals surface area contributed by atoms with Crippen molar-refractivity contribution in [1.82, 2.24) is 24.9 Å². The van der Waals surface area contributed by atoms with Crippen LogP contribution in [-0.4, -0.2) is 76.1 Å². The van der Waals surface area contributed by atoms with Gasteiger partial charge in [-0.1, -0.05) is 31.1 Å². The van der Waals surface area contributed by atoms with Crippen molar-refractivity contribution >= 4 is 28.6 Å². The molecule has 1 aromatic carbocycles. The summed E-state index contributed by atoms with van der Waals surface area (Å²) in [7, 11) is 1.39. The van der Waals surface area contributed by atoms with Gasteiger partial charge in [0.05, 0.1) is 24.9 Å². The van der Waals surface area contributed by atoms with Crippen LogP contribution in [0, 0.1) is 19.8 Å². The van der Waals surface area contributed by atoms with Crippen LogP contribution in [-0.2, 0) is 16.1 Å². The number of para-hydroxylation sites is 1. The number of amides is 1. The molecule has 4 rings (SSSR count). The summed E-state index contributed by atoms with van der Waals surface area (Å²) in [6, 6.07) is 7.21. The second-order valence-corrected chi connectivity index (χ2v) is 9.16. The van der Waals surface area contributed by atoms with Crippen LogP contribution >= 0.6 is 0 Å². The Bertz CT molecular complexity index is 1200. The van der Waals surface area contributed by atoms with E-state index in [-0.39, 0.29) is 17.8 Å². The van der Waals surface area contributed by atoms with Crippen LogP contribution in [0.2, 0.25) is 0 Å². The van der Waals surface area contributed by atoms with E-state index in [0.717, 1.165) is 10.9 Å². The first-order valence-corrected chi connectivity index (χ1v) is 11.8. The molecule has 10 heteroatoms. The molecule has 2 aromatic heterocycles. The van der Waals surface area contributed by atoms with Crippen molar-refractivity contribution in [3.8, 4) is 0 Å². The van der Waals surface area contributed by atoms with E-state index in [9.17, 15) is 9.59 Å². The molecule has 0 radical (unpaired) electrons. The molecule has 0 saturated carbocycles. The largest absolute Gasteiger partial charge is 0.467 e. The highest BCUT2D eigenvalue weighted by Crippen LogP contribution is 2.24. The van der Waals surface area contributed by atoms with Crippen LogP contribution in [0.4, 0.5) is 5.82 Å². The van der Waals surface area contributed by atoms with E-state index in [1.165, 1.54) is 7.11 Å². The average molecular weight is 481 g/mol. The van der Waals surface area contributed by atoms with Crippen molar-refractivity contribution in [1.29, 1.82) is 0 Å². The maximum atomic E-state index is 12.9. The molecule has 1 amide bonds. The van der Waals surface area contributed by atoms with Gasteiger partial charge in [0.15, 0.2) is 0 Å². The zero-order chi connectivity index (χ0) is 25.1. The number of nitrogens with zero attached hydrogens (tertiary/aromatic N) is 5. The van der Waals surface area contributed by atoms with Crippen LogP contribution < -0.4 is 5.32 Å². The first-order chi connectivity index (χ1) is 16.8. The number of carbonyl (C=O) groups excluding carboxylic acids is 2. The summed E-state index contributed by atoms with van der Waals surface area (Å²) in [4.78, 5) is 38.9. The Kier molecular flexibility index (Phi) is 7.30. The molecule has 186 valence electrons. The zero-order valence-corrected chi connectivity index (χ0v) is 20.9. The molecule has 0 aliphatic carbocycles. The van der Waals surface area contributed by atoms with Crippen molar-refractivity contribution in [3.63, 3.8) is 0 Å². The summed E-state index contributed by atoms with van der Waals surface area (Å²) >= 11 is 0. The number of hydrogen-bond acceptors (Lipinski definition) is 9. The Balaban J connectivity index is 1.49. The highest BCUT2D eigenvalue weighted by Gasteiger charge is 2.28. The second kappa shape index (κ2) is 10.4. The van der Waals surface area contributed by atoms with E-state index in [4.69, 9.17) is 19.2 Å². The molecule has 0 spiro atoms. The minimum absolute atomic E-state index is 0.0166. The van der Waals surface area contributed by atoms with Crippen LogP contribution in [0.15, 0.2) is 28.8 Å².